The van der Waals surface area contributed by atoms with Gasteiger partial charge in [-0.25, -0.2) is 4.79 Å². The van der Waals surface area contributed by atoms with Crippen molar-refractivity contribution in [2.45, 2.75) is 33.6 Å². The van der Waals surface area contributed by atoms with Crippen LogP contribution in [0.2, 0.25) is 0 Å². The molecule has 0 aliphatic rings. The zero-order valence-corrected chi connectivity index (χ0v) is 14.1. The second-order valence-electron chi connectivity index (χ2n) is 5.83. The highest BCUT2D eigenvalue weighted by molar-refractivity contribution is 5.90. The average molecular weight is 320 g/mol. The summed E-state index contributed by atoms with van der Waals surface area (Å²) in [6, 6.07) is 4.34. The first-order valence-corrected chi connectivity index (χ1v) is 7.57. The molecule has 5 heteroatoms. The van der Waals surface area contributed by atoms with Gasteiger partial charge in [0.05, 0.1) is 19.3 Å². The van der Waals surface area contributed by atoms with E-state index in [2.05, 4.69) is 4.74 Å². The van der Waals surface area contributed by atoms with Crippen LogP contribution in [0.4, 0.5) is 0 Å². The van der Waals surface area contributed by atoms with Crippen molar-refractivity contribution in [3.05, 3.63) is 35.4 Å². The van der Waals surface area contributed by atoms with Crippen molar-refractivity contribution < 1.29 is 24.2 Å². The summed E-state index contributed by atoms with van der Waals surface area (Å²) >= 11 is 0. The topological polar surface area (TPSA) is 72.8 Å². The molecule has 1 N–H and O–H groups in total. The number of benzene rings is 1. The quantitative estimate of drug-likeness (QED) is 0.586. The minimum absolute atomic E-state index is 0.114. The summed E-state index contributed by atoms with van der Waals surface area (Å²) < 4.78 is 10.1. The van der Waals surface area contributed by atoms with E-state index in [1.807, 2.05) is 20.8 Å². The maximum atomic E-state index is 11.7. The van der Waals surface area contributed by atoms with Crippen molar-refractivity contribution in [3.63, 3.8) is 0 Å². The highest BCUT2D eigenvalue weighted by atomic mass is 16.5. The van der Waals surface area contributed by atoms with Crippen LogP contribution in [0, 0.1) is 5.92 Å². The minimum atomic E-state index is -0.519. The molecule has 5 nitrogen and oxygen atoms in total. The Labute approximate surface area is 136 Å². The largest absolute Gasteiger partial charge is 0.504 e. The number of ketones is 1. The fourth-order valence-electron chi connectivity index (χ4n) is 2.01. The predicted octanol–water partition coefficient (Wildman–Crippen LogP) is 3.51. The first-order valence-electron chi connectivity index (χ1n) is 7.57. The molecule has 0 aromatic heterocycles. The number of hydrogen-bond acceptors (Lipinski definition) is 5. The van der Waals surface area contributed by atoms with Crippen LogP contribution in [0.25, 0.3) is 0 Å². The number of phenols is 1. The highest BCUT2D eigenvalue weighted by Gasteiger charge is 2.10. The Bertz CT molecular complexity index is 587. The number of methoxy groups -OCH3 is 1. The van der Waals surface area contributed by atoms with Crippen LogP contribution < -0.4 is 4.74 Å². The van der Waals surface area contributed by atoms with Crippen molar-refractivity contribution in [1.82, 2.24) is 0 Å². The Morgan fingerprint density at radius 3 is 2.57 bits per heavy atom. The van der Waals surface area contributed by atoms with Crippen LogP contribution in [-0.2, 0) is 9.53 Å². The number of esters is 1. The first-order chi connectivity index (χ1) is 10.8. The van der Waals surface area contributed by atoms with Gasteiger partial charge in [0, 0.05) is 12.8 Å². The Morgan fingerprint density at radius 1 is 1.30 bits per heavy atom. The van der Waals surface area contributed by atoms with E-state index in [0.717, 1.165) is 5.57 Å². The monoisotopic (exact) mass is 320 g/mol. The molecule has 0 atom stereocenters. The number of allylic oxidation sites excluding steroid dienone is 1. The summed E-state index contributed by atoms with van der Waals surface area (Å²) in [5, 5.41) is 9.84. The van der Waals surface area contributed by atoms with Crippen molar-refractivity contribution in [1.29, 1.82) is 0 Å². The van der Waals surface area contributed by atoms with E-state index in [0.29, 0.717) is 31.1 Å². The summed E-state index contributed by atoms with van der Waals surface area (Å²) in [6.07, 6.45) is 2.76. The maximum Gasteiger partial charge on any atom is 0.337 e. The van der Waals surface area contributed by atoms with Gasteiger partial charge in [-0.1, -0.05) is 19.4 Å². The third-order valence-corrected chi connectivity index (χ3v) is 3.15. The molecule has 0 fully saturated rings. The molecule has 1 rings (SSSR count). The Hall–Kier alpha value is -2.30. The molecule has 0 heterocycles. The Kier molecular flexibility index (Phi) is 7.32. The van der Waals surface area contributed by atoms with E-state index in [9.17, 15) is 14.7 Å². The molecular weight excluding hydrogens is 296 g/mol. The van der Waals surface area contributed by atoms with Crippen molar-refractivity contribution >= 4 is 11.8 Å². The lowest BCUT2D eigenvalue weighted by Crippen LogP contribution is -2.03. The first kappa shape index (κ1) is 18.7. The van der Waals surface area contributed by atoms with Gasteiger partial charge in [-0.2, -0.15) is 0 Å². The van der Waals surface area contributed by atoms with Crippen LogP contribution in [0.15, 0.2) is 29.8 Å². The molecule has 0 amide bonds. The summed E-state index contributed by atoms with van der Waals surface area (Å²) in [4.78, 5) is 23.0. The van der Waals surface area contributed by atoms with Crippen LogP contribution in [0.5, 0.6) is 11.5 Å². The molecule has 0 bridgehead atoms. The van der Waals surface area contributed by atoms with E-state index in [1.165, 1.54) is 25.3 Å². The smallest absolute Gasteiger partial charge is 0.337 e. The highest BCUT2D eigenvalue weighted by Crippen LogP contribution is 2.27. The second-order valence-corrected chi connectivity index (χ2v) is 5.83. The molecule has 0 saturated heterocycles. The average Bonchev–Trinajstić information content (AvgIpc) is 2.46. The maximum absolute atomic E-state index is 11.7. The van der Waals surface area contributed by atoms with Crippen LogP contribution in [0.3, 0.4) is 0 Å². The van der Waals surface area contributed by atoms with E-state index < -0.39 is 5.97 Å². The predicted molar refractivity (Wildman–Crippen MR) is 87.8 cm³/mol. The number of aromatic hydroxyl groups is 1. The number of phenolic OH excluding ortho intramolecular Hbond substituents is 1. The normalized spacial score (nSPS) is 11.4. The number of ether oxygens (including phenoxy) is 2. The molecule has 0 spiro atoms. The third-order valence-electron chi connectivity index (χ3n) is 3.15. The summed E-state index contributed by atoms with van der Waals surface area (Å²) in [5.41, 5.74) is 1.19. The lowest BCUT2D eigenvalue weighted by Gasteiger charge is -2.09. The molecule has 126 valence electrons. The lowest BCUT2D eigenvalue weighted by molar-refractivity contribution is -0.115. The lowest BCUT2D eigenvalue weighted by atomic mass is 10.0. The Morgan fingerprint density at radius 2 is 2.00 bits per heavy atom. The molecule has 0 unspecified atom stereocenters. The molecule has 0 aliphatic carbocycles. The van der Waals surface area contributed by atoms with E-state index in [-0.39, 0.29) is 17.1 Å². The van der Waals surface area contributed by atoms with E-state index >= 15 is 0 Å². The fourth-order valence-corrected chi connectivity index (χ4v) is 2.01. The van der Waals surface area contributed by atoms with Gasteiger partial charge >= 0.3 is 5.97 Å². The van der Waals surface area contributed by atoms with Gasteiger partial charge in [0.1, 0.15) is 0 Å². The number of carbonyl (C=O) groups excluding carboxylic acids is 2. The van der Waals surface area contributed by atoms with Gasteiger partial charge in [0.15, 0.2) is 17.3 Å². The molecule has 1 aromatic rings. The summed E-state index contributed by atoms with van der Waals surface area (Å²) in [5.74, 6) is 0.106. The van der Waals surface area contributed by atoms with Gasteiger partial charge in [-0.3, -0.25) is 4.79 Å². The molecule has 0 saturated carbocycles. The third kappa shape index (κ3) is 6.55. The van der Waals surface area contributed by atoms with Crippen molar-refractivity contribution in [2.24, 2.45) is 5.92 Å². The molecule has 0 aliphatic heterocycles. The van der Waals surface area contributed by atoms with Gasteiger partial charge in [0.2, 0.25) is 0 Å². The molecular formula is C18H24O5. The van der Waals surface area contributed by atoms with E-state index in [1.54, 1.807) is 6.08 Å². The number of hydrogen-bond donors (Lipinski definition) is 1. The number of rotatable bonds is 8. The molecule has 23 heavy (non-hydrogen) atoms. The zero-order valence-electron chi connectivity index (χ0n) is 14.1. The summed E-state index contributed by atoms with van der Waals surface area (Å²) in [6.45, 7) is 6.22. The number of carbonyl (C=O) groups is 2. The fraction of sp³-hybridized carbons (Fsp3) is 0.444. The van der Waals surface area contributed by atoms with Gasteiger partial charge in [-0.15, -0.1) is 0 Å². The van der Waals surface area contributed by atoms with Gasteiger partial charge in [-0.05, 0) is 37.1 Å². The van der Waals surface area contributed by atoms with Crippen LogP contribution >= 0.6 is 0 Å². The molecule has 1 aromatic carbocycles. The minimum Gasteiger partial charge on any atom is -0.504 e. The van der Waals surface area contributed by atoms with Gasteiger partial charge in [0.25, 0.3) is 0 Å². The van der Waals surface area contributed by atoms with Crippen molar-refractivity contribution in [3.8, 4) is 11.5 Å². The van der Waals surface area contributed by atoms with E-state index in [4.69, 9.17) is 4.74 Å². The Balaban J connectivity index is 2.54. The second kappa shape index (κ2) is 8.98. The van der Waals surface area contributed by atoms with Crippen molar-refractivity contribution in [2.75, 3.05) is 13.7 Å². The van der Waals surface area contributed by atoms with Crippen LogP contribution in [-0.4, -0.2) is 30.6 Å². The summed E-state index contributed by atoms with van der Waals surface area (Å²) in [7, 11) is 1.28. The zero-order chi connectivity index (χ0) is 17.4. The SMILES string of the molecule is COC(=O)c1ccc(OCCC(C)=CC(=O)CC(C)C)c(O)c1. The van der Waals surface area contributed by atoms with Gasteiger partial charge < -0.3 is 14.6 Å². The standard InChI is InChI=1S/C18H24O5/c1-12(2)9-15(19)10-13(3)7-8-23-17-6-5-14(11-16(17)20)18(21)22-4/h5-6,10-12,20H,7-9H2,1-4H3. The van der Waals surface area contributed by atoms with Crippen LogP contribution in [0.1, 0.15) is 44.0 Å². The molecule has 0 radical (unpaired) electrons.